The Morgan fingerprint density at radius 2 is 1.95 bits per heavy atom. The number of fused-ring (bicyclic) bond motifs is 1. The van der Waals surface area contributed by atoms with Gasteiger partial charge < -0.3 is 10.4 Å². The zero-order valence-electron chi connectivity index (χ0n) is 10.7. The van der Waals surface area contributed by atoms with Crippen molar-refractivity contribution in [2.75, 3.05) is 11.9 Å². The largest absolute Gasteiger partial charge is 0.508 e. The van der Waals surface area contributed by atoms with Crippen LogP contribution in [0.1, 0.15) is 5.56 Å². The van der Waals surface area contributed by atoms with E-state index in [4.69, 9.17) is 0 Å². The summed E-state index contributed by atoms with van der Waals surface area (Å²) in [7, 11) is 0. The van der Waals surface area contributed by atoms with Crippen LogP contribution in [0.3, 0.4) is 0 Å². The fourth-order valence-corrected chi connectivity index (χ4v) is 1.96. The maximum atomic E-state index is 9.41. The molecular weight excluding hydrogens is 254 g/mol. The highest BCUT2D eigenvalue weighted by Crippen LogP contribution is 2.14. The van der Waals surface area contributed by atoms with E-state index in [1.807, 2.05) is 12.1 Å². The van der Waals surface area contributed by atoms with E-state index in [2.05, 4.69) is 25.3 Å². The summed E-state index contributed by atoms with van der Waals surface area (Å²) >= 11 is 0. The summed E-state index contributed by atoms with van der Waals surface area (Å²) in [6.07, 6.45) is 5.46. The van der Waals surface area contributed by atoms with Gasteiger partial charge in [-0.1, -0.05) is 12.1 Å². The van der Waals surface area contributed by atoms with Crippen LogP contribution in [0.4, 0.5) is 5.82 Å². The number of anilines is 1. The summed E-state index contributed by atoms with van der Waals surface area (Å²) in [4.78, 5) is 16.6. The molecule has 0 spiro atoms. The van der Waals surface area contributed by atoms with Crippen LogP contribution < -0.4 is 5.32 Å². The van der Waals surface area contributed by atoms with Crippen molar-refractivity contribution in [3.8, 4) is 5.75 Å². The van der Waals surface area contributed by atoms with E-state index in [0.717, 1.165) is 12.0 Å². The molecule has 2 N–H and O–H groups in total. The molecule has 0 atom stereocenters. The number of nitrogens with one attached hydrogen (secondary N) is 1. The molecule has 0 saturated carbocycles. The SMILES string of the molecule is Oc1cccc(CCNc2ncnc3nccnc23)c1. The number of hydrogen-bond acceptors (Lipinski definition) is 6. The van der Waals surface area contributed by atoms with Crippen LogP contribution in [-0.4, -0.2) is 31.6 Å². The van der Waals surface area contributed by atoms with Crippen molar-refractivity contribution in [3.63, 3.8) is 0 Å². The molecule has 0 unspecified atom stereocenters. The molecule has 2 heterocycles. The highest BCUT2D eigenvalue weighted by Gasteiger charge is 2.04. The minimum absolute atomic E-state index is 0.279. The summed E-state index contributed by atoms with van der Waals surface area (Å²) < 4.78 is 0. The molecule has 0 saturated heterocycles. The Kier molecular flexibility index (Phi) is 3.36. The van der Waals surface area contributed by atoms with Crippen LogP contribution in [0.5, 0.6) is 5.75 Å². The molecule has 100 valence electrons. The molecule has 0 bridgehead atoms. The van der Waals surface area contributed by atoms with Gasteiger partial charge >= 0.3 is 0 Å². The standard InChI is InChI=1S/C14H13N5O/c20-11-3-1-2-10(8-11)4-5-16-13-12-14(19-9-18-13)17-7-6-15-12/h1-3,6-9,20H,4-5H2,(H,16,17,18,19). The smallest absolute Gasteiger partial charge is 0.183 e. The first kappa shape index (κ1) is 12.3. The molecule has 0 aliphatic carbocycles. The highest BCUT2D eigenvalue weighted by atomic mass is 16.3. The third-order valence-electron chi connectivity index (χ3n) is 2.89. The van der Waals surface area contributed by atoms with Gasteiger partial charge in [-0.2, -0.15) is 0 Å². The van der Waals surface area contributed by atoms with Crippen molar-refractivity contribution in [1.29, 1.82) is 0 Å². The molecule has 3 aromatic rings. The minimum Gasteiger partial charge on any atom is -0.508 e. The van der Waals surface area contributed by atoms with Gasteiger partial charge in [0.05, 0.1) is 0 Å². The van der Waals surface area contributed by atoms with E-state index in [-0.39, 0.29) is 5.75 Å². The molecule has 0 amide bonds. The fraction of sp³-hybridized carbons (Fsp3) is 0.143. The maximum Gasteiger partial charge on any atom is 0.183 e. The van der Waals surface area contributed by atoms with E-state index in [1.54, 1.807) is 24.5 Å². The van der Waals surface area contributed by atoms with Crippen molar-refractivity contribution < 1.29 is 5.11 Å². The molecule has 20 heavy (non-hydrogen) atoms. The van der Waals surface area contributed by atoms with Crippen LogP contribution in [0.2, 0.25) is 0 Å². The van der Waals surface area contributed by atoms with Crippen molar-refractivity contribution in [1.82, 2.24) is 19.9 Å². The van der Waals surface area contributed by atoms with Crippen molar-refractivity contribution >= 4 is 17.0 Å². The van der Waals surface area contributed by atoms with Crippen LogP contribution >= 0.6 is 0 Å². The predicted molar refractivity (Wildman–Crippen MR) is 75.4 cm³/mol. The number of hydrogen-bond donors (Lipinski definition) is 2. The van der Waals surface area contributed by atoms with Gasteiger partial charge in [-0.15, -0.1) is 0 Å². The van der Waals surface area contributed by atoms with Crippen LogP contribution in [0, 0.1) is 0 Å². The molecule has 0 radical (unpaired) electrons. The maximum absolute atomic E-state index is 9.41. The van der Waals surface area contributed by atoms with Gasteiger partial charge in [0.25, 0.3) is 0 Å². The van der Waals surface area contributed by atoms with E-state index >= 15 is 0 Å². The Hall–Kier alpha value is -2.76. The van der Waals surface area contributed by atoms with E-state index in [0.29, 0.717) is 23.5 Å². The van der Waals surface area contributed by atoms with E-state index < -0.39 is 0 Å². The first-order chi connectivity index (χ1) is 9.83. The number of phenolic OH excluding ortho intramolecular Hbond substituents is 1. The lowest BCUT2D eigenvalue weighted by molar-refractivity contribution is 0.474. The molecule has 2 aromatic heterocycles. The molecule has 0 aliphatic heterocycles. The summed E-state index contributed by atoms with van der Waals surface area (Å²) in [6, 6.07) is 7.21. The van der Waals surface area contributed by atoms with Crippen LogP contribution in [-0.2, 0) is 6.42 Å². The van der Waals surface area contributed by atoms with Gasteiger partial charge in [0, 0.05) is 18.9 Å². The minimum atomic E-state index is 0.279. The third-order valence-corrected chi connectivity index (χ3v) is 2.89. The van der Waals surface area contributed by atoms with Gasteiger partial charge in [-0.05, 0) is 24.1 Å². The molecule has 0 fully saturated rings. The molecule has 3 rings (SSSR count). The number of nitrogens with zero attached hydrogens (tertiary/aromatic N) is 4. The van der Waals surface area contributed by atoms with E-state index in [1.165, 1.54) is 6.33 Å². The lowest BCUT2D eigenvalue weighted by atomic mass is 10.1. The monoisotopic (exact) mass is 267 g/mol. The lowest BCUT2D eigenvalue weighted by Crippen LogP contribution is -2.07. The quantitative estimate of drug-likeness (QED) is 0.749. The molecule has 6 nitrogen and oxygen atoms in total. The zero-order chi connectivity index (χ0) is 13.8. The molecule has 0 aliphatic rings. The first-order valence-electron chi connectivity index (χ1n) is 6.26. The Bertz CT molecular complexity index is 726. The van der Waals surface area contributed by atoms with Crippen molar-refractivity contribution in [3.05, 3.63) is 48.5 Å². The lowest BCUT2D eigenvalue weighted by Gasteiger charge is -2.07. The number of phenols is 1. The number of aromatic hydroxyl groups is 1. The number of benzene rings is 1. The Balaban J connectivity index is 1.71. The molecule has 1 aromatic carbocycles. The van der Waals surface area contributed by atoms with Crippen LogP contribution in [0.15, 0.2) is 43.0 Å². The average molecular weight is 267 g/mol. The summed E-state index contributed by atoms with van der Waals surface area (Å²) in [5.74, 6) is 0.948. The van der Waals surface area contributed by atoms with Gasteiger partial charge in [-0.3, -0.25) is 0 Å². The second-order valence-corrected chi connectivity index (χ2v) is 4.30. The predicted octanol–water partition coefficient (Wildman–Crippen LogP) is 1.78. The summed E-state index contributed by atoms with van der Waals surface area (Å²) in [5, 5.41) is 12.6. The zero-order valence-corrected chi connectivity index (χ0v) is 10.7. The average Bonchev–Trinajstić information content (AvgIpc) is 2.48. The van der Waals surface area contributed by atoms with Crippen LogP contribution in [0.25, 0.3) is 11.2 Å². The number of aromatic nitrogens is 4. The van der Waals surface area contributed by atoms with Crippen molar-refractivity contribution in [2.45, 2.75) is 6.42 Å². The number of rotatable bonds is 4. The second kappa shape index (κ2) is 5.48. The van der Waals surface area contributed by atoms with Gasteiger partial charge in [-0.25, -0.2) is 19.9 Å². The fourth-order valence-electron chi connectivity index (χ4n) is 1.96. The van der Waals surface area contributed by atoms with Gasteiger partial charge in [0.15, 0.2) is 11.5 Å². The van der Waals surface area contributed by atoms with E-state index in [9.17, 15) is 5.11 Å². The summed E-state index contributed by atoms with van der Waals surface area (Å²) in [5.41, 5.74) is 2.29. The second-order valence-electron chi connectivity index (χ2n) is 4.30. The summed E-state index contributed by atoms with van der Waals surface area (Å²) in [6.45, 7) is 0.687. The highest BCUT2D eigenvalue weighted by molar-refractivity contribution is 5.81. The Labute approximate surface area is 115 Å². The third kappa shape index (κ3) is 2.64. The Morgan fingerprint density at radius 3 is 2.85 bits per heavy atom. The van der Waals surface area contributed by atoms with Gasteiger partial charge in [0.2, 0.25) is 0 Å². The molecular formula is C14H13N5O. The van der Waals surface area contributed by atoms with Gasteiger partial charge in [0.1, 0.15) is 17.6 Å². The Morgan fingerprint density at radius 1 is 1.05 bits per heavy atom. The molecule has 6 heteroatoms. The van der Waals surface area contributed by atoms with Crippen molar-refractivity contribution in [2.24, 2.45) is 0 Å². The normalized spacial score (nSPS) is 10.6. The topological polar surface area (TPSA) is 83.8 Å². The first-order valence-corrected chi connectivity index (χ1v) is 6.26.